The molecule has 1 N–H and O–H groups in total. The van der Waals surface area contributed by atoms with Gasteiger partial charge in [-0.1, -0.05) is 67.1 Å². The Kier molecular flexibility index (Phi) is 4.28. The van der Waals surface area contributed by atoms with Crippen LogP contribution < -0.4 is 5.32 Å². The highest BCUT2D eigenvalue weighted by atomic mass is 16.1. The van der Waals surface area contributed by atoms with E-state index in [0.29, 0.717) is 6.54 Å². The van der Waals surface area contributed by atoms with Crippen LogP contribution in [0.25, 0.3) is 0 Å². The molecule has 0 spiro atoms. The van der Waals surface area contributed by atoms with Crippen molar-refractivity contribution in [2.24, 2.45) is 5.92 Å². The molecule has 1 aliphatic rings. The number of rotatable bonds is 5. The van der Waals surface area contributed by atoms with E-state index < -0.39 is 0 Å². The van der Waals surface area contributed by atoms with E-state index in [4.69, 9.17) is 0 Å². The Hall–Kier alpha value is -2.09. The van der Waals surface area contributed by atoms with E-state index in [1.807, 2.05) is 12.1 Å². The Labute approximate surface area is 132 Å². The first-order valence-corrected chi connectivity index (χ1v) is 8.09. The second-order valence-corrected chi connectivity index (χ2v) is 6.41. The molecule has 2 heteroatoms. The fraction of sp³-hybridized carbons (Fsp3) is 0.350. The summed E-state index contributed by atoms with van der Waals surface area (Å²) in [4.78, 5) is 12.2. The number of hydrogen-bond acceptors (Lipinski definition) is 1. The van der Waals surface area contributed by atoms with Crippen LogP contribution in [0.4, 0.5) is 0 Å². The van der Waals surface area contributed by atoms with Crippen molar-refractivity contribution >= 4 is 5.91 Å². The van der Waals surface area contributed by atoms with Crippen LogP contribution in [0.1, 0.15) is 37.3 Å². The fourth-order valence-electron chi connectivity index (χ4n) is 3.06. The summed E-state index contributed by atoms with van der Waals surface area (Å²) in [5.41, 5.74) is 2.26. The lowest BCUT2D eigenvalue weighted by Crippen LogP contribution is -2.43. The quantitative estimate of drug-likeness (QED) is 0.889. The molecule has 2 aromatic carbocycles. The summed E-state index contributed by atoms with van der Waals surface area (Å²) in [6.45, 7) is 2.84. The molecule has 1 fully saturated rings. The summed E-state index contributed by atoms with van der Waals surface area (Å²) >= 11 is 0. The van der Waals surface area contributed by atoms with Gasteiger partial charge in [0.15, 0.2) is 0 Å². The summed E-state index contributed by atoms with van der Waals surface area (Å²) in [7, 11) is 0. The topological polar surface area (TPSA) is 29.1 Å². The second-order valence-electron chi connectivity index (χ2n) is 6.41. The third kappa shape index (κ3) is 2.92. The third-order valence-corrected chi connectivity index (χ3v) is 4.91. The van der Waals surface area contributed by atoms with Crippen LogP contribution in [0, 0.1) is 5.92 Å². The predicted octanol–water partition coefficient (Wildman–Crippen LogP) is 3.91. The van der Waals surface area contributed by atoms with Crippen LogP contribution in [-0.4, -0.2) is 12.5 Å². The molecule has 3 rings (SSSR count). The minimum atomic E-state index is -0.206. The van der Waals surface area contributed by atoms with E-state index in [1.165, 1.54) is 17.5 Å². The van der Waals surface area contributed by atoms with Crippen LogP contribution in [-0.2, 0) is 10.2 Å². The van der Waals surface area contributed by atoms with Crippen LogP contribution in [0.5, 0.6) is 0 Å². The van der Waals surface area contributed by atoms with Crippen molar-refractivity contribution in [1.82, 2.24) is 5.32 Å². The molecule has 2 nitrogen and oxygen atoms in total. The molecule has 0 aliphatic heterocycles. The van der Waals surface area contributed by atoms with Gasteiger partial charge in [-0.25, -0.2) is 0 Å². The van der Waals surface area contributed by atoms with Crippen molar-refractivity contribution in [3.8, 4) is 0 Å². The molecule has 0 radical (unpaired) electrons. The van der Waals surface area contributed by atoms with Gasteiger partial charge in [0.25, 0.3) is 0 Å². The van der Waals surface area contributed by atoms with Crippen molar-refractivity contribution in [2.75, 3.05) is 6.54 Å². The molecular weight excluding hydrogens is 270 g/mol. The van der Waals surface area contributed by atoms with Crippen molar-refractivity contribution in [2.45, 2.75) is 31.6 Å². The summed E-state index contributed by atoms with van der Waals surface area (Å²) in [5, 5.41) is 3.18. The fourth-order valence-corrected chi connectivity index (χ4v) is 3.06. The molecule has 0 saturated heterocycles. The van der Waals surface area contributed by atoms with E-state index in [1.54, 1.807) is 0 Å². The van der Waals surface area contributed by atoms with Crippen molar-refractivity contribution < 1.29 is 4.79 Å². The number of carbonyl (C=O) groups excluding carboxylic acids is 1. The van der Waals surface area contributed by atoms with Crippen LogP contribution in [0.15, 0.2) is 60.7 Å². The number of amides is 1. The van der Waals surface area contributed by atoms with Gasteiger partial charge in [0.2, 0.25) is 5.91 Å². The molecule has 0 aromatic heterocycles. The van der Waals surface area contributed by atoms with Gasteiger partial charge in [0, 0.05) is 17.9 Å². The molecule has 1 saturated carbocycles. The molecule has 2 aromatic rings. The molecule has 1 aliphatic carbocycles. The second kappa shape index (κ2) is 6.35. The first-order valence-electron chi connectivity index (χ1n) is 8.09. The van der Waals surface area contributed by atoms with Crippen molar-refractivity contribution in [3.63, 3.8) is 0 Å². The zero-order valence-electron chi connectivity index (χ0n) is 13.1. The lowest BCUT2D eigenvalue weighted by atomic mass is 9.76. The molecule has 114 valence electrons. The van der Waals surface area contributed by atoms with E-state index >= 15 is 0 Å². The largest absolute Gasteiger partial charge is 0.355 e. The number of hydrogen-bond donors (Lipinski definition) is 1. The smallest absolute Gasteiger partial charge is 0.223 e. The maximum atomic E-state index is 12.2. The highest BCUT2D eigenvalue weighted by Gasteiger charge is 2.31. The van der Waals surface area contributed by atoms with Gasteiger partial charge in [0.1, 0.15) is 0 Å². The Morgan fingerprint density at radius 3 is 1.91 bits per heavy atom. The van der Waals surface area contributed by atoms with Gasteiger partial charge in [-0.2, -0.15) is 0 Å². The minimum Gasteiger partial charge on any atom is -0.355 e. The Balaban J connectivity index is 1.85. The van der Waals surface area contributed by atoms with E-state index in [0.717, 1.165) is 12.8 Å². The van der Waals surface area contributed by atoms with Gasteiger partial charge in [-0.05, 0) is 30.9 Å². The standard InChI is InChI=1S/C20H23NO/c1-20(17-11-4-2-5-12-17,18-13-6-3-7-14-18)15-21-19(22)16-9-8-10-16/h2-7,11-14,16H,8-10,15H2,1H3,(H,21,22). The number of carbonyl (C=O) groups is 1. The SMILES string of the molecule is CC(CNC(=O)C1CCC1)(c1ccccc1)c1ccccc1. The van der Waals surface area contributed by atoms with Gasteiger partial charge < -0.3 is 5.32 Å². The molecule has 0 atom stereocenters. The summed E-state index contributed by atoms with van der Waals surface area (Å²) in [6.07, 6.45) is 3.27. The van der Waals surface area contributed by atoms with E-state index in [9.17, 15) is 4.79 Å². The van der Waals surface area contributed by atoms with E-state index in [-0.39, 0.29) is 17.2 Å². The molecule has 0 heterocycles. The zero-order chi connectivity index (χ0) is 15.4. The van der Waals surface area contributed by atoms with Crippen molar-refractivity contribution in [3.05, 3.63) is 71.8 Å². The maximum Gasteiger partial charge on any atom is 0.223 e. The maximum absolute atomic E-state index is 12.2. The average molecular weight is 293 g/mol. The number of benzene rings is 2. The van der Waals surface area contributed by atoms with Gasteiger partial charge in [0.05, 0.1) is 0 Å². The number of nitrogens with one attached hydrogen (secondary N) is 1. The monoisotopic (exact) mass is 293 g/mol. The third-order valence-electron chi connectivity index (χ3n) is 4.91. The van der Waals surface area contributed by atoms with Crippen LogP contribution in [0.3, 0.4) is 0 Å². The molecule has 0 unspecified atom stereocenters. The lowest BCUT2D eigenvalue weighted by Gasteiger charge is -2.33. The summed E-state index contributed by atoms with van der Waals surface area (Å²) in [5.74, 6) is 0.445. The Bertz CT molecular complexity index is 577. The molecular formula is C20H23NO. The average Bonchev–Trinajstić information content (AvgIpc) is 2.53. The normalized spacial score (nSPS) is 15.1. The Morgan fingerprint density at radius 1 is 1.00 bits per heavy atom. The zero-order valence-corrected chi connectivity index (χ0v) is 13.1. The van der Waals surface area contributed by atoms with Crippen LogP contribution in [0.2, 0.25) is 0 Å². The van der Waals surface area contributed by atoms with Crippen molar-refractivity contribution in [1.29, 1.82) is 0 Å². The van der Waals surface area contributed by atoms with Gasteiger partial charge in [-0.3, -0.25) is 4.79 Å². The molecule has 0 bridgehead atoms. The highest BCUT2D eigenvalue weighted by molar-refractivity contribution is 5.79. The lowest BCUT2D eigenvalue weighted by molar-refractivity contribution is -0.127. The summed E-state index contributed by atoms with van der Waals surface area (Å²) < 4.78 is 0. The predicted molar refractivity (Wildman–Crippen MR) is 89.7 cm³/mol. The first-order chi connectivity index (χ1) is 10.7. The van der Waals surface area contributed by atoms with Crippen LogP contribution >= 0.6 is 0 Å². The summed E-state index contributed by atoms with van der Waals surface area (Å²) in [6, 6.07) is 20.9. The van der Waals surface area contributed by atoms with Gasteiger partial charge >= 0.3 is 0 Å². The highest BCUT2D eigenvalue weighted by Crippen LogP contribution is 2.32. The van der Waals surface area contributed by atoms with Gasteiger partial charge in [-0.15, -0.1) is 0 Å². The van der Waals surface area contributed by atoms with E-state index in [2.05, 4.69) is 60.8 Å². The Morgan fingerprint density at radius 2 is 1.50 bits per heavy atom. The molecule has 1 amide bonds. The first kappa shape index (κ1) is 14.8. The minimum absolute atomic E-state index is 0.206. The molecule has 22 heavy (non-hydrogen) atoms.